The first-order chi connectivity index (χ1) is 42.1. The van der Waals surface area contributed by atoms with E-state index in [1.807, 2.05) is 0 Å². The highest BCUT2D eigenvalue weighted by molar-refractivity contribution is 7.47. The Bertz CT molecular complexity index is 1750. The molecule has 0 aliphatic carbocycles. The minimum absolute atomic E-state index is 0.103. The topological polar surface area (TPSA) is 237 Å². The van der Waals surface area contributed by atoms with E-state index in [4.69, 9.17) is 37.0 Å². The molecule has 0 saturated carbocycles. The highest BCUT2D eigenvalue weighted by Crippen LogP contribution is 2.45. The average Bonchev–Trinajstić information content (AvgIpc) is 3.57. The van der Waals surface area contributed by atoms with Crippen molar-refractivity contribution in [2.45, 2.75) is 356 Å². The van der Waals surface area contributed by atoms with Crippen LogP contribution < -0.4 is 0 Å². The number of phosphoric ester groups is 2. The highest BCUT2D eigenvalue weighted by Gasteiger charge is 2.30. The Hall–Kier alpha value is -1.94. The maximum absolute atomic E-state index is 13.0. The van der Waals surface area contributed by atoms with Gasteiger partial charge in [-0.25, -0.2) is 9.13 Å². The number of aliphatic hydroxyl groups excluding tert-OH is 1. The Morgan fingerprint density at radius 2 is 0.477 bits per heavy atom. The van der Waals surface area contributed by atoms with Crippen LogP contribution in [0.5, 0.6) is 0 Å². The van der Waals surface area contributed by atoms with E-state index < -0.39 is 97.5 Å². The number of hydrogen-bond acceptors (Lipinski definition) is 15. The number of hydrogen-bond donors (Lipinski definition) is 3. The molecule has 0 bridgehead atoms. The SMILES string of the molecule is CC(C)CCCCCCCCCCCCC(=O)OC[C@H](COP(=O)(O)OCC(O)COP(=O)(O)OC[C@@H](COC(=O)CCCCCCCCCCC(C)C)OC(=O)CCCCCCCCCCC(C)C)OC(=O)CCCCCCCCCCCCC(C)C. The molecular formula is C69H134O17P2. The molecule has 0 aliphatic heterocycles. The smallest absolute Gasteiger partial charge is 0.462 e. The third-order valence-electron chi connectivity index (χ3n) is 15.8. The number of ether oxygens (including phenoxy) is 4. The number of phosphoric acid groups is 2. The first-order valence-corrected chi connectivity index (χ1v) is 38.7. The minimum Gasteiger partial charge on any atom is -0.462 e. The van der Waals surface area contributed by atoms with Crippen molar-refractivity contribution in [2.24, 2.45) is 23.7 Å². The molecule has 3 unspecified atom stereocenters. The molecule has 0 saturated heterocycles. The number of carbonyl (C=O) groups excluding carboxylic acids is 4. The summed E-state index contributed by atoms with van der Waals surface area (Å²) in [4.78, 5) is 72.5. The first kappa shape index (κ1) is 86.1. The normalized spacial score (nSPS) is 14.3. The fraction of sp³-hybridized carbons (Fsp3) is 0.942. The Balaban J connectivity index is 5.26. The van der Waals surface area contributed by atoms with Crippen LogP contribution >= 0.6 is 15.6 Å². The van der Waals surface area contributed by atoms with Crippen LogP contribution in [0.25, 0.3) is 0 Å². The Morgan fingerprint density at radius 1 is 0.284 bits per heavy atom. The second-order valence-electron chi connectivity index (χ2n) is 26.8. The molecule has 5 atom stereocenters. The zero-order valence-corrected chi connectivity index (χ0v) is 59.1. The van der Waals surface area contributed by atoms with Crippen LogP contribution in [0.4, 0.5) is 0 Å². The molecule has 17 nitrogen and oxygen atoms in total. The summed E-state index contributed by atoms with van der Waals surface area (Å²) in [5.74, 6) is 0.823. The number of unbranched alkanes of at least 4 members (excludes halogenated alkanes) is 32. The van der Waals surface area contributed by atoms with Gasteiger partial charge < -0.3 is 33.8 Å². The lowest BCUT2D eigenvalue weighted by Crippen LogP contribution is -2.30. The lowest BCUT2D eigenvalue weighted by Gasteiger charge is -2.21. The Kier molecular flexibility index (Phi) is 57.6. The Labute approximate surface area is 537 Å². The molecule has 3 N–H and O–H groups in total. The van der Waals surface area contributed by atoms with Crippen LogP contribution in [0.1, 0.15) is 338 Å². The minimum atomic E-state index is -4.95. The average molecular weight is 1300 g/mol. The predicted molar refractivity (Wildman–Crippen MR) is 354 cm³/mol. The highest BCUT2D eigenvalue weighted by atomic mass is 31.2. The molecule has 0 aliphatic rings. The molecule has 0 aromatic carbocycles. The van der Waals surface area contributed by atoms with Gasteiger partial charge in [-0.05, 0) is 49.4 Å². The van der Waals surface area contributed by atoms with Gasteiger partial charge in [0, 0.05) is 25.7 Å². The monoisotopic (exact) mass is 1300 g/mol. The molecule has 0 rings (SSSR count). The Morgan fingerprint density at radius 3 is 0.705 bits per heavy atom. The molecule has 0 fully saturated rings. The molecule has 0 amide bonds. The van der Waals surface area contributed by atoms with Crippen molar-refractivity contribution in [1.29, 1.82) is 0 Å². The van der Waals surface area contributed by atoms with E-state index in [1.165, 1.54) is 141 Å². The van der Waals surface area contributed by atoms with Crippen LogP contribution in [0, 0.1) is 23.7 Å². The van der Waals surface area contributed by atoms with E-state index in [-0.39, 0.29) is 25.7 Å². The van der Waals surface area contributed by atoms with E-state index in [1.54, 1.807) is 0 Å². The van der Waals surface area contributed by atoms with Crippen LogP contribution in [0.2, 0.25) is 0 Å². The standard InChI is InChI=1S/C69H134O17P2/c1-59(2)45-37-29-21-13-9-11-15-25-33-41-49-66(71)79-55-64(85-68(73)51-43-35-27-16-12-10-14-22-30-38-46-60(3)4)57-83-87(75,76)81-53-63(70)54-82-88(77,78)84-58-65(86-69(74)52-44-36-28-20-18-24-32-40-48-62(7)8)56-80-67(72)50-42-34-26-19-17-23-31-39-47-61(5)6/h59-65,70H,9-58H2,1-8H3,(H,75,76)(H,77,78)/t63?,64-,65-/m1/s1. The zero-order chi connectivity index (χ0) is 65.4. The summed E-state index contributed by atoms with van der Waals surface area (Å²) < 4.78 is 68.2. The summed E-state index contributed by atoms with van der Waals surface area (Å²) in [6.07, 6.45) is 40.3. The van der Waals surface area contributed by atoms with Gasteiger partial charge in [-0.1, -0.05) is 287 Å². The van der Waals surface area contributed by atoms with Gasteiger partial charge >= 0.3 is 39.5 Å². The van der Waals surface area contributed by atoms with E-state index in [0.717, 1.165) is 114 Å². The van der Waals surface area contributed by atoms with Gasteiger partial charge in [0.2, 0.25) is 0 Å². The van der Waals surface area contributed by atoms with E-state index in [9.17, 15) is 43.2 Å². The van der Waals surface area contributed by atoms with E-state index in [2.05, 4.69) is 55.4 Å². The summed E-state index contributed by atoms with van der Waals surface area (Å²) in [6, 6.07) is 0. The molecule has 0 spiro atoms. The maximum atomic E-state index is 13.0. The van der Waals surface area contributed by atoms with Crippen molar-refractivity contribution in [3.8, 4) is 0 Å². The fourth-order valence-electron chi connectivity index (χ4n) is 10.3. The fourth-order valence-corrected chi connectivity index (χ4v) is 11.9. The lowest BCUT2D eigenvalue weighted by molar-refractivity contribution is -0.161. The molecule has 0 heterocycles. The lowest BCUT2D eigenvalue weighted by atomic mass is 10.0. The van der Waals surface area contributed by atoms with Gasteiger partial charge in [0.1, 0.15) is 19.3 Å². The van der Waals surface area contributed by atoms with E-state index >= 15 is 0 Å². The summed E-state index contributed by atoms with van der Waals surface area (Å²) in [5, 5.41) is 10.6. The maximum Gasteiger partial charge on any atom is 0.472 e. The van der Waals surface area contributed by atoms with Gasteiger partial charge in [0.25, 0.3) is 0 Å². The van der Waals surface area contributed by atoms with Gasteiger partial charge in [0.05, 0.1) is 26.4 Å². The zero-order valence-electron chi connectivity index (χ0n) is 57.3. The van der Waals surface area contributed by atoms with Crippen LogP contribution in [-0.4, -0.2) is 96.7 Å². The van der Waals surface area contributed by atoms with Crippen molar-refractivity contribution >= 4 is 39.5 Å². The molecule has 0 aromatic rings. The molecule has 0 radical (unpaired) electrons. The molecule has 88 heavy (non-hydrogen) atoms. The number of rotatable bonds is 66. The quantitative estimate of drug-likeness (QED) is 0.0222. The second-order valence-corrected chi connectivity index (χ2v) is 29.7. The summed E-state index contributed by atoms with van der Waals surface area (Å²) in [7, 11) is -9.90. The van der Waals surface area contributed by atoms with Crippen molar-refractivity contribution < 1.29 is 80.2 Å². The van der Waals surface area contributed by atoms with Crippen LogP contribution in [-0.2, 0) is 65.4 Å². The van der Waals surface area contributed by atoms with Gasteiger partial charge in [-0.3, -0.25) is 37.3 Å². The third-order valence-corrected chi connectivity index (χ3v) is 17.7. The van der Waals surface area contributed by atoms with Crippen molar-refractivity contribution in [3.05, 3.63) is 0 Å². The van der Waals surface area contributed by atoms with E-state index in [0.29, 0.717) is 25.7 Å². The third kappa shape index (κ3) is 62.8. The van der Waals surface area contributed by atoms with Gasteiger partial charge in [0.15, 0.2) is 12.2 Å². The largest absolute Gasteiger partial charge is 0.472 e. The molecule has 0 aromatic heterocycles. The molecule has 19 heteroatoms. The van der Waals surface area contributed by atoms with Crippen molar-refractivity contribution in [2.75, 3.05) is 39.6 Å². The van der Waals surface area contributed by atoms with Crippen LogP contribution in [0.3, 0.4) is 0 Å². The predicted octanol–water partition coefficient (Wildman–Crippen LogP) is 19.3. The number of esters is 4. The number of carbonyl (C=O) groups is 4. The molecular weight excluding hydrogens is 1160 g/mol. The summed E-state index contributed by atoms with van der Waals surface area (Å²) in [6.45, 7) is 14.0. The first-order valence-electron chi connectivity index (χ1n) is 35.7. The molecule has 522 valence electrons. The van der Waals surface area contributed by atoms with Gasteiger partial charge in [-0.15, -0.1) is 0 Å². The van der Waals surface area contributed by atoms with Crippen LogP contribution in [0.15, 0.2) is 0 Å². The van der Waals surface area contributed by atoms with Crippen molar-refractivity contribution in [1.82, 2.24) is 0 Å². The summed E-state index contributed by atoms with van der Waals surface area (Å²) >= 11 is 0. The van der Waals surface area contributed by atoms with Gasteiger partial charge in [-0.2, -0.15) is 0 Å². The van der Waals surface area contributed by atoms with Crippen molar-refractivity contribution in [3.63, 3.8) is 0 Å². The second kappa shape index (κ2) is 58.8. The summed E-state index contributed by atoms with van der Waals surface area (Å²) in [5.41, 5.74) is 0. The number of aliphatic hydroxyl groups is 1.